The maximum atomic E-state index is 14.4. The standard InChI is InChI=1S/C23H21FINO/c1-13-10-16(15-8-9-26(3)21(27)12-15)11-14(2)22(13)17-4-6-19(24)23-18(17)5-7-20(23)25/h4,6,8-12,20H,5,7H2,1-3H3/t20-/m1/s1. The topological polar surface area (TPSA) is 22.0 Å². The Hall–Kier alpha value is -1.95. The zero-order valence-electron chi connectivity index (χ0n) is 15.6. The van der Waals surface area contributed by atoms with Gasteiger partial charge < -0.3 is 4.57 Å². The lowest BCUT2D eigenvalue weighted by molar-refractivity contribution is 0.613. The highest BCUT2D eigenvalue weighted by molar-refractivity contribution is 14.1. The monoisotopic (exact) mass is 473 g/mol. The Kier molecular flexibility index (Phi) is 4.70. The molecule has 0 aliphatic heterocycles. The number of hydrogen-bond donors (Lipinski definition) is 0. The van der Waals surface area contributed by atoms with Crippen molar-refractivity contribution in [3.63, 3.8) is 0 Å². The Morgan fingerprint density at radius 3 is 2.44 bits per heavy atom. The van der Waals surface area contributed by atoms with Gasteiger partial charge in [0.1, 0.15) is 5.82 Å². The highest BCUT2D eigenvalue weighted by atomic mass is 127. The van der Waals surface area contributed by atoms with Crippen LogP contribution in [0.5, 0.6) is 0 Å². The van der Waals surface area contributed by atoms with E-state index in [-0.39, 0.29) is 15.3 Å². The molecule has 2 aromatic carbocycles. The Bertz CT molecular complexity index is 1090. The molecule has 1 heterocycles. The van der Waals surface area contributed by atoms with Crippen LogP contribution in [0, 0.1) is 19.7 Å². The summed E-state index contributed by atoms with van der Waals surface area (Å²) in [5.41, 5.74) is 8.61. The Morgan fingerprint density at radius 2 is 1.78 bits per heavy atom. The van der Waals surface area contributed by atoms with Gasteiger partial charge in [-0.05, 0) is 77.8 Å². The number of benzene rings is 2. The van der Waals surface area contributed by atoms with Gasteiger partial charge in [-0.15, -0.1) is 0 Å². The van der Waals surface area contributed by atoms with Crippen LogP contribution in [0.25, 0.3) is 22.3 Å². The number of aromatic nitrogens is 1. The molecule has 138 valence electrons. The third kappa shape index (κ3) is 3.14. The molecule has 0 unspecified atom stereocenters. The van der Waals surface area contributed by atoms with E-state index in [2.05, 4.69) is 48.6 Å². The van der Waals surface area contributed by atoms with Gasteiger partial charge in [0.15, 0.2) is 0 Å². The second-order valence-electron chi connectivity index (χ2n) is 7.34. The summed E-state index contributed by atoms with van der Waals surface area (Å²) in [6.07, 6.45) is 3.71. The first-order valence-electron chi connectivity index (χ1n) is 9.11. The molecule has 27 heavy (non-hydrogen) atoms. The third-order valence-electron chi connectivity index (χ3n) is 5.50. The molecule has 0 N–H and O–H groups in total. The average Bonchev–Trinajstić information content (AvgIpc) is 3.01. The molecule has 0 radical (unpaired) electrons. The van der Waals surface area contributed by atoms with E-state index in [1.165, 1.54) is 5.56 Å². The van der Waals surface area contributed by atoms with Gasteiger partial charge in [-0.1, -0.05) is 40.8 Å². The maximum Gasteiger partial charge on any atom is 0.250 e. The van der Waals surface area contributed by atoms with E-state index in [0.29, 0.717) is 0 Å². The van der Waals surface area contributed by atoms with E-state index in [9.17, 15) is 9.18 Å². The molecule has 1 aliphatic carbocycles. The molecule has 0 saturated carbocycles. The van der Waals surface area contributed by atoms with Crippen molar-refractivity contribution < 1.29 is 4.39 Å². The van der Waals surface area contributed by atoms with Crippen LogP contribution in [-0.4, -0.2) is 4.57 Å². The second kappa shape index (κ2) is 6.89. The van der Waals surface area contributed by atoms with Gasteiger partial charge in [0.2, 0.25) is 0 Å². The van der Waals surface area contributed by atoms with Crippen LogP contribution in [0.1, 0.15) is 32.6 Å². The zero-order valence-corrected chi connectivity index (χ0v) is 17.8. The Morgan fingerprint density at radius 1 is 1.07 bits per heavy atom. The Balaban J connectivity index is 1.87. The van der Waals surface area contributed by atoms with Gasteiger partial charge in [0.25, 0.3) is 5.56 Å². The van der Waals surface area contributed by atoms with Crippen LogP contribution in [0.4, 0.5) is 4.39 Å². The van der Waals surface area contributed by atoms with Gasteiger partial charge in [-0.2, -0.15) is 0 Å². The fraction of sp³-hybridized carbons (Fsp3) is 0.261. The molecular formula is C23H21FINO. The number of hydrogen-bond acceptors (Lipinski definition) is 1. The smallest absolute Gasteiger partial charge is 0.250 e. The summed E-state index contributed by atoms with van der Waals surface area (Å²) >= 11 is 2.35. The molecule has 0 spiro atoms. The summed E-state index contributed by atoms with van der Waals surface area (Å²) in [5.74, 6) is -0.0855. The molecule has 0 fully saturated rings. The van der Waals surface area contributed by atoms with Crippen molar-refractivity contribution in [3.05, 3.63) is 81.0 Å². The van der Waals surface area contributed by atoms with E-state index >= 15 is 0 Å². The number of alkyl halides is 1. The predicted molar refractivity (Wildman–Crippen MR) is 117 cm³/mol. The van der Waals surface area contributed by atoms with Crippen LogP contribution in [-0.2, 0) is 13.5 Å². The van der Waals surface area contributed by atoms with E-state index in [1.54, 1.807) is 29.9 Å². The number of pyridine rings is 1. The van der Waals surface area contributed by atoms with Crippen molar-refractivity contribution >= 4 is 22.6 Å². The van der Waals surface area contributed by atoms with Crippen molar-refractivity contribution in [2.75, 3.05) is 0 Å². The van der Waals surface area contributed by atoms with Gasteiger partial charge in [-0.25, -0.2) is 4.39 Å². The quantitative estimate of drug-likeness (QED) is 0.336. The fourth-order valence-corrected chi connectivity index (χ4v) is 5.16. The number of nitrogens with zero attached hydrogens (tertiary/aromatic N) is 1. The fourth-order valence-electron chi connectivity index (χ4n) is 4.18. The zero-order chi connectivity index (χ0) is 19.3. The van der Waals surface area contributed by atoms with Crippen LogP contribution < -0.4 is 5.56 Å². The first-order valence-corrected chi connectivity index (χ1v) is 10.4. The first-order chi connectivity index (χ1) is 12.9. The number of rotatable bonds is 2. The van der Waals surface area contributed by atoms with Gasteiger partial charge in [-0.3, -0.25) is 4.79 Å². The van der Waals surface area contributed by atoms with Gasteiger partial charge in [0.05, 0.1) is 0 Å². The van der Waals surface area contributed by atoms with Crippen molar-refractivity contribution in [2.45, 2.75) is 30.6 Å². The summed E-state index contributed by atoms with van der Waals surface area (Å²) in [7, 11) is 1.75. The molecule has 2 nitrogen and oxygen atoms in total. The largest absolute Gasteiger partial charge is 0.319 e. The first kappa shape index (κ1) is 18.4. The molecule has 4 heteroatoms. The number of halogens is 2. The summed E-state index contributed by atoms with van der Waals surface area (Å²) in [6.45, 7) is 4.19. The van der Waals surface area contributed by atoms with Crippen molar-refractivity contribution in [2.24, 2.45) is 7.05 Å². The van der Waals surface area contributed by atoms with Crippen LogP contribution in [0.2, 0.25) is 0 Å². The molecule has 1 aliphatic rings. The molecule has 3 aromatic rings. The van der Waals surface area contributed by atoms with Crippen LogP contribution >= 0.6 is 22.6 Å². The molecular weight excluding hydrogens is 452 g/mol. The van der Waals surface area contributed by atoms with E-state index in [4.69, 9.17) is 0 Å². The maximum absolute atomic E-state index is 14.4. The van der Waals surface area contributed by atoms with Crippen LogP contribution in [0.15, 0.2) is 47.4 Å². The average molecular weight is 473 g/mol. The molecule has 1 aromatic heterocycles. The van der Waals surface area contributed by atoms with Crippen molar-refractivity contribution in [1.29, 1.82) is 0 Å². The lowest BCUT2D eigenvalue weighted by Crippen LogP contribution is -2.14. The summed E-state index contributed by atoms with van der Waals surface area (Å²) < 4.78 is 16.2. The molecule has 0 amide bonds. The molecule has 0 saturated heterocycles. The van der Waals surface area contributed by atoms with Crippen molar-refractivity contribution in [3.8, 4) is 22.3 Å². The van der Waals surface area contributed by atoms with Crippen LogP contribution in [0.3, 0.4) is 0 Å². The van der Waals surface area contributed by atoms with Gasteiger partial charge in [0, 0.05) is 28.8 Å². The minimum absolute atomic E-state index is 0.0173. The highest BCUT2D eigenvalue weighted by Gasteiger charge is 2.27. The molecule has 4 rings (SSSR count). The van der Waals surface area contributed by atoms with Gasteiger partial charge >= 0.3 is 0 Å². The summed E-state index contributed by atoms with van der Waals surface area (Å²) in [4.78, 5) is 12.0. The minimum Gasteiger partial charge on any atom is -0.319 e. The predicted octanol–water partition coefficient (Wildman–Crippen LogP) is 5.90. The normalized spacial score (nSPS) is 15.8. The number of aryl methyl sites for hydroxylation is 3. The third-order valence-corrected chi connectivity index (χ3v) is 6.75. The van der Waals surface area contributed by atoms with E-state index in [1.807, 2.05) is 12.1 Å². The number of fused-ring (bicyclic) bond motifs is 1. The second-order valence-corrected chi connectivity index (χ2v) is 8.85. The molecule has 0 bridgehead atoms. The minimum atomic E-state index is -0.0855. The Labute approximate surface area is 172 Å². The summed E-state index contributed by atoms with van der Waals surface area (Å²) in [5, 5.41) is 0. The molecule has 1 atom stereocenters. The SMILES string of the molecule is Cc1cc(-c2ccn(C)c(=O)c2)cc(C)c1-c1ccc(F)c2c1CC[C@H]2I. The van der Waals surface area contributed by atoms with E-state index in [0.717, 1.165) is 51.8 Å². The lowest BCUT2D eigenvalue weighted by atomic mass is 9.88. The highest BCUT2D eigenvalue weighted by Crippen LogP contribution is 2.45. The lowest BCUT2D eigenvalue weighted by Gasteiger charge is -2.17. The van der Waals surface area contributed by atoms with Crippen molar-refractivity contribution in [1.82, 2.24) is 4.57 Å². The summed E-state index contributed by atoms with van der Waals surface area (Å²) in [6, 6.07) is 11.4. The van der Waals surface area contributed by atoms with E-state index < -0.39 is 0 Å².